The Balaban J connectivity index is 2.23. The molecule has 0 bridgehead atoms. The Hall–Kier alpha value is -2.69. The van der Waals surface area contributed by atoms with E-state index in [4.69, 9.17) is 9.88 Å². The highest BCUT2D eigenvalue weighted by molar-refractivity contribution is 7.82. The smallest absolute Gasteiger partial charge is 0.127 e. The van der Waals surface area contributed by atoms with Crippen LogP contribution in [0, 0.1) is 6.92 Å². The zero-order valence-electron chi connectivity index (χ0n) is 14.7. The van der Waals surface area contributed by atoms with Crippen molar-refractivity contribution in [2.45, 2.75) is 11.8 Å². The second-order valence-corrected chi connectivity index (χ2v) is 7.36. The van der Waals surface area contributed by atoms with Crippen molar-refractivity contribution in [1.82, 2.24) is 0 Å². The van der Waals surface area contributed by atoms with Crippen LogP contribution in [-0.2, 0) is 11.0 Å². The first-order valence-corrected chi connectivity index (χ1v) is 9.57. The highest BCUT2D eigenvalue weighted by atomic mass is 32.2. The third-order valence-corrected chi connectivity index (χ3v) is 5.49. The summed E-state index contributed by atoms with van der Waals surface area (Å²) < 4.78 is 18.0. The molecule has 1 unspecified atom stereocenters. The third kappa shape index (κ3) is 2.68. The molecule has 0 fully saturated rings. The molecular weight excluding hydrogens is 342 g/mol. The summed E-state index contributed by atoms with van der Waals surface area (Å²) in [5, 5.41) is 10.1. The molecule has 3 nitrogen and oxygen atoms in total. The minimum atomic E-state index is -1.61. The van der Waals surface area contributed by atoms with E-state index in [-0.39, 0.29) is 0 Å². The predicted octanol–water partition coefficient (Wildman–Crippen LogP) is 4.96. The lowest BCUT2D eigenvalue weighted by Crippen LogP contribution is -2.05. The van der Waals surface area contributed by atoms with E-state index in [0.29, 0.717) is 4.90 Å². The first kappa shape index (κ1) is 16.8. The molecule has 4 heteroatoms. The van der Waals surface area contributed by atoms with Gasteiger partial charge in [0.05, 0.1) is 12.0 Å². The molecule has 0 aromatic heterocycles. The molecular formula is C22H19NO2S. The minimum Gasteiger partial charge on any atom is -0.496 e. The molecule has 0 heterocycles. The fourth-order valence-corrected chi connectivity index (χ4v) is 4.15. The van der Waals surface area contributed by atoms with E-state index in [2.05, 4.69) is 31.2 Å². The van der Waals surface area contributed by atoms with Crippen LogP contribution in [0.15, 0.2) is 71.6 Å². The Morgan fingerprint density at radius 1 is 0.846 bits per heavy atom. The Labute approximate surface area is 155 Å². The van der Waals surface area contributed by atoms with Gasteiger partial charge in [-0.15, -0.1) is 0 Å². The summed E-state index contributed by atoms with van der Waals surface area (Å²) in [6, 6.07) is 22.2. The number of ether oxygens (including phenoxy) is 1. The molecule has 0 aliphatic rings. The highest BCUT2D eigenvalue weighted by Gasteiger charge is 2.19. The molecule has 4 rings (SSSR count). The molecule has 4 aromatic carbocycles. The molecule has 0 aliphatic carbocycles. The van der Waals surface area contributed by atoms with Crippen LogP contribution in [-0.4, -0.2) is 11.3 Å². The van der Waals surface area contributed by atoms with Crippen molar-refractivity contribution in [3.63, 3.8) is 0 Å². The SMILES string of the molecule is COc1ccc2cc(C)ccc2c1-c1c(S(N)=O)ccc2ccccc12. The largest absolute Gasteiger partial charge is 0.496 e. The summed E-state index contributed by atoms with van der Waals surface area (Å²) in [5.74, 6) is 0.740. The standard InChI is InChI=1S/C22H19NO2S/c1-14-7-10-18-16(13-14)8-11-19(25-2)21(18)22-17-6-4-3-5-15(17)9-12-20(22)26(23)24/h3-13H,23H2,1-2H3. The van der Waals surface area contributed by atoms with E-state index < -0.39 is 11.0 Å². The molecule has 1 atom stereocenters. The number of benzene rings is 4. The Morgan fingerprint density at radius 3 is 2.35 bits per heavy atom. The van der Waals surface area contributed by atoms with Gasteiger partial charge in [-0.05, 0) is 40.6 Å². The van der Waals surface area contributed by atoms with Gasteiger partial charge in [0.25, 0.3) is 0 Å². The summed E-state index contributed by atoms with van der Waals surface area (Å²) in [6.07, 6.45) is 0. The number of hydrogen-bond donors (Lipinski definition) is 1. The van der Waals surface area contributed by atoms with Crippen molar-refractivity contribution < 1.29 is 8.95 Å². The average molecular weight is 361 g/mol. The molecule has 0 amide bonds. The van der Waals surface area contributed by atoms with Crippen molar-refractivity contribution in [1.29, 1.82) is 0 Å². The lowest BCUT2D eigenvalue weighted by Gasteiger charge is -2.17. The van der Waals surface area contributed by atoms with Crippen LogP contribution in [0.4, 0.5) is 0 Å². The van der Waals surface area contributed by atoms with Gasteiger partial charge >= 0.3 is 0 Å². The van der Waals surface area contributed by atoms with E-state index in [9.17, 15) is 4.21 Å². The molecule has 4 aromatic rings. The number of hydrogen-bond acceptors (Lipinski definition) is 2. The number of aryl methyl sites for hydroxylation is 1. The molecule has 2 N–H and O–H groups in total. The first-order chi connectivity index (χ1) is 12.6. The van der Waals surface area contributed by atoms with Crippen LogP contribution in [0.2, 0.25) is 0 Å². The maximum Gasteiger partial charge on any atom is 0.127 e. The lowest BCUT2D eigenvalue weighted by atomic mass is 9.92. The van der Waals surface area contributed by atoms with Crippen LogP contribution in [0.25, 0.3) is 32.7 Å². The van der Waals surface area contributed by atoms with Crippen molar-refractivity contribution >= 4 is 32.5 Å². The van der Waals surface area contributed by atoms with E-state index >= 15 is 0 Å². The van der Waals surface area contributed by atoms with Gasteiger partial charge in [0.1, 0.15) is 16.7 Å². The van der Waals surface area contributed by atoms with E-state index in [1.807, 2.05) is 42.5 Å². The van der Waals surface area contributed by atoms with Gasteiger partial charge in [0, 0.05) is 11.1 Å². The summed E-state index contributed by atoms with van der Waals surface area (Å²) in [7, 11) is 0.0457. The summed E-state index contributed by atoms with van der Waals surface area (Å²) >= 11 is 0. The number of methoxy groups -OCH3 is 1. The van der Waals surface area contributed by atoms with E-state index in [1.54, 1.807) is 7.11 Å². The maximum absolute atomic E-state index is 12.3. The van der Waals surface area contributed by atoms with Gasteiger partial charge in [-0.2, -0.15) is 0 Å². The molecule has 0 saturated carbocycles. The fraction of sp³-hybridized carbons (Fsp3) is 0.0909. The summed E-state index contributed by atoms with van der Waals surface area (Å²) in [4.78, 5) is 0.607. The summed E-state index contributed by atoms with van der Waals surface area (Å²) in [6.45, 7) is 2.07. The third-order valence-electron chi connectivity index (χ3n) is 4.71. The van der Waals surface area contributed by atoms with Gasteiger partial charge in [0.2, 0.25) is 0 Å². The monoisotopic (exact) mass is 361 g/mol. The van der Waals surface area contributed by atoms with Crippen LogP contribution < -0.4 is 9.88 Å². The molecule has 0 spiro atoms. The zero-order chi connectivity index (χ0) is 18.3. The fourth-order valence-electron chi connectivity index (χ4n) is 3.53. The van der Waals surface area contributed by atoms with E-state index in [0.717, 1.165) is 38.4 Å². The van der Waals surface area contributed by atoms with Crippen LogP contribution in [0.3, 0.4) is 0 Å². The molecule has 0 saturated heterocycles. The van der Waals surface area contributed by atoms with Crippen LogP contribution in [0.1, 0.15) is 5.56 Å². The quantitative estimate of drug-likeness (QED) is 0.561. The second-order valence-electron chi connectivity index (χ2n) is 6.32. The normalized spacial score (nSPS) is 12.4. The number of nitrogens with two attached hydrogens (primary N) is 1. The first-order valence-electron chi connectivity index (χ1n) is 8.36. The summed E-state index contributed by atoms with van der Waals surface area (Å²) in [5.41, 5.74) is 2.99. The molecule has 130 valence electrons. The van der Waals surface area contributed by atoms with Gasteiger partial charge in [0.15, 0.2) is 0 Å². The highest BCUT2D eigenvalue weighted by Crippen LogP contribution is 2.43. The number of rotatable bonds is 3. The average Bonchev–Trinajstić information content (AvgIpc) is 2.66. The van der Waals surface area contributed by atoms with Crippen LogP contribution in [0.5, 0.6) is 5.75 Å². The minimum absolute atomic E-state index is 0.607. The van der Waals surface area contributed by atoms with Crippen molar-refractivity contribution in [2.75, 3.05) is 7.11 Å². The Bertz CT molecular complexity index is 1170. The topological polar surface area (TPSA) is 52.3 Å². The van der Waals surface area contributed by atoms with E-state index in [1.165, 1.54) is 5.56 Å². The van der Waals surface area contributed by atoms with Crippen molar-refractivity contribution in [3.05, 3.63) is 72.3 Å². The van der Waals surface area contributed by atoms with Gasteiger partial charge in [-0.25, -0.2) is 9.35 Å². The van der Waals surface area contributed by atoms with Crippen LogP contribution >= 0.6 is 0 Å². The maximum atomic E-state index is 12.3. The zero-order valence-corrected chi connectivity index (χ0v) is 15.5. The molecule has 26 heavy (non-hydrogen) atoms. The Morgan fingerprint density at radius 2 is 1.58 bits per heavy atom. The van der Waals surface area contributed by atoms with Gasteiger partial charge in [-0.1, -0.05) is 60.2 Å². The van der Waals surface area contributed by atoms with Gasteiger partial charge in [-0.3, -0.25) is 0 Å². The predicted molar refractivity (Wildman–Crippen MR) is 109 cm³/mol. The van der Waals surface area contributed by atoms with Gasteiger partial charge < -0.3 is 4.74 Å². The second kappa shape index (κ2) is 6.56. The van der Waals surface area contributed by atoms with Crippen molar-refractivity contribution in [3.8, 4) is 16.9 Å². The number of fused-ring (bicyclic) bond motifs is 2. The Kier molecular flexibility index (Phi) is 4.23. The lowest BCUT2D eigenvalue weighted by molar-refractivity contribution is 0.417. The van der Waals surface area contributed by atoms with Crippen molar-refractivity contribution in [2.24, 2.45) is 5.14 Å². The molecule has 0 radical (unpaired) electrons. The molecule has 0 aliphatic heterocycles.